The van der Waals surface area contributed by atoms with Crippen molar-refractivity contribution < 1.29 is 0 Å². The molecule has 2 heterocycles. The fourth-order valence-corrected chi connectivity index (χ4v) is 1.94. The molecule has 6 heteroatoms. The molecule has 0 aliphatic carbocycles. The van der Waals surface area contributed by atoms with Gasteiger partial charge in [-0.1, -0.05) is 30.3 Å². The zero-order valence-electron chi connectivity index (χ0n) is 9.11. The Morgan fingerprint density at radius 1 is 1.06 bits per heavy atom. The maximum absolute atomic E-state index is 6.29. The van der Waals surface area contributed by atoms with Crippen LogP contribution in [0.15, 0.2) is 50.3 Å². The Morgan fingerprint density at radius 3 is 2.61 bits per heavy atom. The van der Waals surface area contributed by atoms with Gasteiger partial charge in [0.15, 0.2) is 11.5 Å². The first-order chi connectivity index (χ1) is 8.28. The van der Waals surface area contributed by atoms with Crippen LogP contribution in [0.4, 0.5) is 0 Å². The van der Waals surface area contributed by atoms with Gasteiger partial charge in [-0.15, -0.1) is 0 Å². The molecule has 0 bridgehead atoms. The van der Waals surface area contributed by atoms with Gasteiger partial charge in [-0.05, 0) is 5.56 Å². The Morgan fingerprint density at radius 2 is 1.83 bits per heavy atom. The van der Waals surface area contributed by atoms with Crippen LogP contribution in [-0.4, -0.2) is 59.4 Å². The second-order valence-electron chi connectivity index (χ2n) is 4.01. The SMILES string of the molecule is NC1(Cc2ccccc2)N=CN=C2N=CN=C21.[NaH]. The van der Waals surface area contributed by atoms with Gasteiger partial charge in [-0.2, -0.15) is 0 Å². The zero-order chi connectivity index (χ0) is 11.7. The van der Waals surface area contributed by atoms with Crippen LogP contribution in [0.25, 0.3) is 0 Å². The number of aliphatic imine (C=N–C) groups is 4. The summed E-state index contributed by atoms with van der Waals surface area (Å²) in [4.78, 5) is 16.5. The second kappa shape index (κ2) is 5.24. The Labute approximate surface area is 127 Å². The van der Waals surface area contributed by atoms with E-state index in [0.717, 1.165) is 5.56 Å². The summed E-state index contributed by atoms with van der Waals surface area (Å²) in [5.41, 5.74) is 7.19. The van der Waals surface area contributed by atoms with E-state index in [0.29, 0.717) is 18.0 Å². The van der Waals surface area contributed by atoms with Crippen molar-refractivity contribution in [2.24, 2.45) is 25.7 Å². The molecule has 2 aliphatic heterocycles. The molecule has 1 aromatic rings. The van der Waals surface area contributed by atoms with Gasteiger partial charge < -0.3 is 5.73 Å². The van der Waals surface area contributed by atoms with Gasteiger partial charge in [0.2, 0.25) is 0 Å². The van der Waals surface area contributed by atoms with Crippen molar-refractivity contribution in [1.29, 1.82) is 0 Å². The second-order valence-corrected chi connectivity index (χ2v) is 4.01. The van der Waals surface area contributed by atoms with Crippen molar-refractivity contribution in [3.8, 4) is 0 Å². The molecule has 0 aromatic heterocycles. The molecule has 5 nitrogen and oxygen atoms in total. The third kappa shape index (κ3) is 2.35. The minimum atomic E-state index is -0.852. The summed E-state index contributed by atoms with van der Waals surface area (Å²) in [6.45, 7) is 0. The monoisotopic (exact) mass is 249 g/mol. The van der Waals surface area contributed by atoms with Gasteiger partial charge >= 0.3 is 29.6 Å². The number of amidine groups is 1. The summed E-state index contributed by atoms with van der Waals surface area (Å²) in [6.07, 6.45) is 3.51. The first-order valence-corrected chi connectivity index (χ1v) is 5.33. The Hall–Kier alpha value is -1.14. The molecule has 1 unspecified atom stereocenters. The molecule has 18 heavy (non-hydrogen) atoms. The number of benzene rings is 1. The van der Waals surface area contributed by atoms with Gasteiger partial charge in [-0.25, -0.2) is 20.0 Å². The first kappa shape index (κ1) is 13.3. The van der Waals surface area contributed by atoms with Crippen LogP contribution in [0.3, 0.4) is 0 Å². The molecule has 0 fully saturated rings. The predicted molar refractivity (Wildman–Crippen MR) is 76.1 cm³/mol. The van der Waals surface area contributed by atoms with E-state index in [2.05, 4.69) is 20.0 Å². The molecule has 0 radical (unpaired) electrons. The van der Waals surface area contributed by atoms with Crippen LogP contribution in [0.2, 0.25) is 0 Å². The number of hydrogen-bond donors (Lipinski definition) is 1. The van der Waals surface area contributed by atoms with Gasteiger partial charge in [0.25, 0.3) is 0 Å². The van der Waals surface area contributed by atoms with Crippen molar-refractivity contribution in [1.82, 2.24) is 0 Å². The van der Waals surface area contributed by atoms with Crippen LogP contribution in [-0.2, 0) is 6.42 Å². The summed E-state index contributed by atoms with van der Waals surface area (Å²) >= 11 is 0. The number of nitrogens with zero attached hydrogens (tertiary/aromatic N) is 4. The van der Waals surface area contributed by atoms with Crippen molar-refractivity contribution >= 4 is 53.8 Å². The summed E-state index contributed by atoms with van der Waals surface area (Å²) in [7, 11) is 0. The first-order valence-electron chi connectivity index (χ1n) is 5.33. The molecule has 86 valence electrons. The molecule has 1 atom stereocenters. The van der Waals surface area contributed by atoms with E-state index in [1.165, 1.54) is 12.7 Å². The van der Waals surface area contributed by atoms with E-state index in [9.17, 15) is 0 Å². The average molecular weight is 249 g/mol. The summed E-state index contributed by atoms with van der Waals surface area (Å²) in [5, 5.41) is 0. The van der Waals surface area contributed by atoms with E-state index in [1.807, 2.05) is 30.3 Å². The Bertz CT molecular complexity index is 561. The normalized spacial score (nSPS) is 24.1. The summed E-state index contributed by atoms with van der Waals surface area (Å²) in [5.74, 6) is 0.568. The molecule has 0 spiro atoms. The third-order valence-corrected chi connectivity index (χ3v) is 2.77. The van der Waals surface area contributed by atoms with E-state index in [4.69, 9.17) is 5.73 Å². The molecule has 2 aliphatic rings. The molecular formula is C12H12N5Na. The van der Waals surface area contributed by atoms with Gasteiger partial charge in [0.05, 0.1) is 0 Å². The van der Waals surface area contributed by atoms with E-state index in [1.54, 1.807) is 0 Å². The van der Waals surface area contributed by atoms with Gasteiger partial charge in [-0.3, -0.25) is 0 Å². The van der Waals surface area contributed by atoms with Gasteiger partial charge in [0.1, 0.15) is 18.4 Å². The average Bonchev–Trinajstić information content (AvgIpc) is 2.80. The summed E-state index contributed by atoms with van der Waals surface area (Å²) < 4.78 is 0. The van der Waals surface area contributed by atoms with Crippen LogP contribution >= 0.6 is 0 Å². The van der Waals surface area contributed by atoms with Crippen LogP contribution in [0.5, 0.6) is 0 Å². The Kier molecular flexibility index (Phi) is 3.87. The van der Waals surface area contributed by atoms with Crippen molar-refractivity contribution in [3.05, 3.63) is 35.9 Å². The van der Waals surface area contributed by atoms with Crippen molar-refractivity contribution in [2.45, 2.75) is 12.1 Å². The van der Waals surface area contributed by atoms with E-state index in [-0.39, 0.29) is 29.6 Å². The van der Waals surface area contributed by atoms with E-state index < -0.39 is 5.66 Å². The molecule has 2 N–H and O–H groups in total. The molecule has 3 rings (SSSR count). The van der Waals surface area contributed by atoms with Gasteiger partial charge in [0, 0.05) is 6.42 Å². The zero-order valence-corrected chi connectivity index (χ0v) is 9.11. The molecule has 0 saturated heterocycles. The maximum atomic E-state index is 6.29. The molecule has 1 aromatic carbocycles. The summed E-state index contributed by atoms with van der Waals surface area (Å²) in [6, 6.07) is 9.97. The standard InChI is InChI=1S/C12H11N5.Na.H/c13-12(6-9-4-2-1-3-5-9)10-11(15-7-14-10)16-8-17-12;;/h1-5,7-8H,6,13H2;;. The fraction of sp³-hybridized carbons (Fsp3) is 0.167. The topological polar surface area (TPSA) is 75.5 Å². The van der Waals surface area contributed by atoms with Crippen molar-refractivity contribution in [3.63, 3.8) is 0 Å². The fourth-order valence-electron chi connectivity index (χ4n) is 1.94. The molecular weight excluding hydrogens is 237 g/mol. The molecule has 0 amide bonds. The number of rotatable bonds is 2. The number of fused-ring (bicyclic) bond motifs is 1. The van der Waals surface area contributed by atoms with Crippen molar-refractivity contribution in [2.75, 3.05) is 0 Å². The number of nitrogens with two attached hydrogens (primary N) is 1. The third-order valence-electron chi connectivity index (χ3n) is 2.77. The quantitative estimate of drug-likeness (QED) is 0.745. The van der Waals surface area contributed by atoms with Crippen LogP contribution in [0.1, 0.15) is 5.56 Å². The Balaban J connectivity index is 0.00000120. The number of hydrogen-bond acceptors (Lipinski definition) is 5. The predicted octanol–water partition coefficient (Wildman–Crippen LogP) is 0.159. The minimum absolute atomic E-state index is 0. The van der Waals surface area contributed by atoms with Crippen LogP contribution in [0, 0.1) is 0 Å². The van der Waals surface area contributed by atoms with E-state index >= 15 is 0 Å². The van der Waals surface area contributed by atoms with Crippen LogP contribution < -0.4 is 5.73 Å². The molecule has 0 saturated carbocycles.